The highest BCUT2D eigenvalue weighted by Gasteiger charge is 2.34. The zero-order chi connectivity index (χ0) is 12.4. The number of fused-ring (bicyclic) bond motifs is 1. The van der Waals surface area contributed by atoms with E-state index in [0.717, 1.165) is 12.8 Å². The maximum Gasteiger partial charge on any atom is 0.0240 e. The minimum absolute atomic E-state index is 0.159. The highest BCUT2D eigenvalue weighted by Crippen LogP contribution is 2.43. The van der Waals surface area contributed by atoms with E-state index in [0.29, 0.717) is 0 Å². The summed E-state index contributed by atoms with van der Waals surface area (Å²) in [4.78, 5) is 0. The first-order valence-electron chi connectivity index (χ1n) is 6.68. The fraction of sp³-hybridized carbons (Fsp3) is 0.222. The van der Waals surface area contributed by atoms with Crippen molar-refractivity contribution >= 4 is 6.08 Å². The molecule has 1 atom stereocenters. The summed E-state index contributed by atoms with van der Waals surface area (Å²) in [6, 6.07) is 19.7. The van der Waals surface area contributed by atoms with Gasteiger partial charge in [0.2, 0.25) is 0 Å². The summed E-state index contributed by atoms with van der Waals surface area (Å²) in [6.07, 6.45) is 6.81. The minimum atomic E-state index is 0.159. The highest BCUT2D eigenvalue weighted by atomic mass is 14.4. The first kappa shape index (κ1) is 11.3. The molecule has 0 aromatic heterocycles. The molecule has 0 bridgehead atoms. The molecule has 0 saturated carbocycles. The lowest BCUT2D eigenvalue weighted by atomic mass is 9.67. The van der Waals surface area contributed by atoms with Gasteiger partial charge >= 0.3 is 0 Å². The first-order chi connectivity index (χ1) is 8.87. The van der Waals surface area contributed by atoms with Crippen molar-refractivity contribution in [3.05, 3.63) is 77.4 Å². The Bertz CT molecular complexity index is 566. The molecule has 2 aromatic carbocycles. The van der Waals surface area contributed by atoms with Crippen molar-refractivity contribution in [1.29, 1.82) is 0 Å². The Hall–Kier alpha value is -1.82. The third kappa shape index (κ3) is 1.60. The fourth-order valence-electron chi connectivity index (χ4n) is 3.14. The van der Waals surface area contributed by atoms with E-state index in [4.69, 9.17) is 0 Å². The number of hydrogen-bond acceptors (Lipinski definition) is 0. The summed E-state index contributed by atoms with van der Waals surface area (Å²) < 4.78 is 0. The molecule has 1 aliphatic carbocycles. The van der Waals surface area contributed by atoms with Crippen LogP contribution >= 0.6 is 0 Å². The summed E-state index contributed by atoms with van der Waals surface area (Å²) >= 11 is 0. The quantitative estimate of drug-likeness (QED) is 0.700. The van der Waals surface area contributed by atoms with E-state index in [-0.39, 0.29) is 5.41 Å². The molecule has 0 amide bonds. The van der Waals surface area contributed by atoms with Crippen LogP contribution in [0.4, 0.5) is 0 Å². The topological polar surface area (TPSA) is 0 Å². The monoisotopic (exact) mass is 234 g/mol. The van der Waals surface area contributed by atoms with Gasteiger partial charge in [-0.3, -0.25) is 0 Å². The van der Waals surface area contributed by atoms with Gasteiger partial charge in [-0.2, -0.15) is 0 Å². The van der Waals surface area contributed by atoms with Crippen LogP contribution in [0.15, 0.2) is 60.7 Å². The molecule has 1 unspecified atom stereocenters. The van der Waals surface area contributed by atoms with Crippen LogP contribution in [0, 0.1) is 0 Å². The molecule has 18 heavy (non-hydrogen) atoms. The van der Waals surface area contributed by atoms with Crippen molar-refractivity contribution in [2.45, 2.75) is 25.2 Å². The molecule has 0 saturated heterocycles. The molecular weight excluding hydrogens is 216 g/mol. The van der Waals surface area contributed by atoms with E-state index in [1.165, 1.54) is 16.7 Å². The van der Waals surface area contributed by atoms with Gasteiger partial charge in [-0.05, 0) is 29.5 Å². The molecule has 0 aliphatic heterocycles. The molecule has 0 fully saturated rings. The molecule has 0 radical (unpaired) electrons. The van der Waals surface area contributed by atoms with Crippen molar-refractivity contribution in [2.75, 3.05) is 0 Å². The molecular formula is C18H18. The summed E-state index contributed by atoms with van der Waals surface area (Å²) in [5, 5.41) is 0. The number of allylic oxidation sites excluding steroid dienone is 1. The molecule has 0 spiro atoms. The van der Waals surface area contributed by atoms with Gasteiger partial charge in [0, 0.05) is 5.41 Å². The Balaban J connectivity index is 2.22. The summed E-state index contributed by atoms with van der Waals surface area (Å²) in [5.74, 6) is 0. The van der Waals surface area contributed by atoms with Crippen molar-refractivity contribution in [3.8, 4) is 0 Å². The van der Waals surface area contributed by atoms with Gasteiger partial charge < -0.3 is 0 Å². The maximum absolute atomic E-state index is 2.32. The molecule has 90 valence electrons. The summed E-state index contributed by atoms with van der Waals surface area (Å²) in [6.45, 7) is 2.29. The second-order valence-corrected chi connectivity index (χ2v) is 5.00. The zero-order valence-corrected chi connectivity index (χ0v) is 10.8. The van der Waals surface area contributed by atoms with Crippen molar-refractivity contribution in [3.63, 3.8) is 0 Å². The number of rotatable bonds is 2. The predicted molar refractivity (Wildman–Crippen MR) is 77.6 cm³/mol. The Labute approximate surface area is 109 Å². The normalized spacial score (nSPS) is 21.6. The molecule has 0 nitrogen and oxygen atoms in total. The lowest BCUT2D eigenvalue weighted by Gasteiger charge is -2.37. The lowest BCUT2D eigenvalue weighted by Crippen LogP contribution is -2.28. The van der Waals surface area contributed by atoms with Crippen LogP contribution in [0.1, 0.15) is 36.5 Å². The third-order valence-corrected chi connectivity index (χ3v) is 4.17. The molecule has 0 heteroatoms. The van der Waals surface area contributed by atoms with Gasteiger partial charge in [-0.15, -0.1) is 0 Å². The van der Waals surface area contributed by atoms with E-state index in [2.05, 4.69) is 73.7 Å². The van der Waals surface area contributed by atoms with Crippen LogP contribution in [-0.4, -0.2) is 0 Å². The molecule has 0 heterocycles. The Morgan fingerprint density at radius 3 is 2.44 bits per heavy atom. The second-order valence-electron chi connectivity index (χ2n) is 5.00. The number of benzene rings is 2. The van der Waals surface area contributed by atoms with E-state index >= 15 is 0 Å². The third-order valence-electron chi connectivity index (χ3n) is 4.17. The van der Waals surface area contributed by atoms with Crippen LogP contribution in [0.25, 0.3) is 6.08 Å². The fourth-order valence-corrected chi connectivity index (χ4v) is 3.14. The average Bonchev–Trinajstić information content (AvgIpc) is 2.47. The van der Waals surface area contributed by atoms with Gasteiger partial charge in [0.15, 0.2) is 0 Å². The lowest BCUT2D eigenvalue weighted by molar-refractivity contribution is 0.497. The van der Waals surface area contributed by atoms with Crippen LogP contribution < -0.4 is 0 Å². The van der Waals surface area contributed by atoms with Gasteiger partial charge in [-0.1, -0.05) is 73.7 Å². The van der Waals surface area contributed by atoms with Crippen molar-refractivity contribution < 1.29 is 0 Å². The van der Waals surface area contributed by atoms with Gasteiger partial charge in [0.05, 0.1) is 0 Å². The number of hydrogen-bond donors (Lipinski definition) is 0. The average molecular weight is 234 g/mol. The molecule has 1 aliphatic rings. The largest absolute Gasteiger partial charge is 0.0827 e. The van der Waals surface area contributed by atoms with Crippen LogP contribution in [-0.2, 0) is 5.41 Å². The standard InChI is InChI=1S/C18H18/c1-2-18(16-11-4-3-5-12-16)14-8-10-15-9-6-7-13-17(15)18/h3-13H,2,14H2,1H3. The smallest absolute Gasteiger partial charge is 0.0240 e. The first-order valence-corrected chi connectivity index (χ1v) is 6.68. The van der Waals surface area contributed by atoms with Gasteiger partial charge in [-0.25, -0.2) is 0 Å². The SMILES string of the molecule is CCC1(c2ccccc2)CC=Cc2ccccc21. The van der Waals surface area contributed by atoms with E-state index in [1.807, 2.05) is 0 Å². The summed E-state index contributed by atoms with van der Waals surface area (Å²) in [7, 11) is 0. The van der Waals surface area contributed by atoms with E-state index in [1.54, 1.807) is 0 Å². The Kier molecular flexibility index (Phi) is 2.79. The van der Waals surface area contributed by atoms with Crippen LogP contribution in [0.2, 0.25) is 0 Å². The van der Waals surface area contributed by atoms with Crippen LogP contribution in [0.3, 0.4) is 0 Å². The highest BCUT2D eigenvalue weighted by molar-refractivity contribution is 5.62. The molecule has 3 rings (SSSR count). The van der Waals surface area contributed by atoms with Crippen molar-refractivity contribution in [1.82, 2.24) is 0 Å². The summed E-state index contributed by atoms with van der Waals surface area (Å²) in [5.41, 5.74) is 4.44. The van der Waals surface area contributed by atoms with Gasteiger partial charge in [0.25, 0.3) is 0 Å². The zero-order valence-electron chi connectivity index (χ0n) is 10.8. The van der Waals surface area contributed by atoms with E-state index in [9.17, 15) is 0 Å². The Morgan fingerprint density at radius 1 is 0.944 bits per heavy atom. The van der Waals surface area contributed by atoms with Crippen LogP contribution in [0.5, 0.6) is 0 Å². The van der Waals surface area contributed by atoms with Crippen molar-refractivity contribution in [2.24, 2.45) is 0 Å². The maximum atomic E-state index is 2.32. The molecule has 0 N–H and O–H groups in total. The van der Waals surface area contributed by atoms with E-state index < -0.39 is 0 Å². The Morgan fingerprint density at radius 2 is 1.67 bits per heavy atom. The minimum Gasteiger partial charge on any atom is -0.0827 e. The second kappa shape index (κ2) is 4.45. The predicted octanol–water partition coefficient (Wildman–Crippen LogP) is 4.80. The van der Waals surface area contributed by atoms with Gasteiger partial charge in [0.1, 0.15) is 0 Å². The molecule has 2 aromatic rings.